The van der Waals surface area contributed by atoms with Gasteiger partial charge in [-0.1, -0.05) is 23.7 Å². The standard InChI is InChI=1S/C23H27ClN6O3/c1-14-10-26-23(28-22(14)29-11-19(21(25)33)27-13-29)30(17-5-7-18(32)8-6-17)20(12-31)15-3-2-4-16(24)9-15/h2-4,9-11,13,17-18,20,31-32H,5-8,12H2,1H3,(H2,25,33)/t17?,18?,20-/m1/s1. The number of hydrogen-bond acceptors (Lipinski definition) is 7. The van der Waals surface area contributed by atoms with Crippen LogP contribution in [0.1, 0.15) is 53.3 Å². The second-order valence-electron chi connectivity index (χ2n) is 8.33. The Kier molecular flexibility index (Phi) is 6.92. The van der Waals surface area contributed by atoms with E-state index in [1.807, 2.05) is 30.0 Å². The van der Waals surface area contributed by atoms with Crippen molar-refractivity contribution in [2.24, 2.45) is 5.73 Å². The average molecular weight is 471 g/mol. The average Bonchev–Trinajstić information content (AvgIpc) is 3.29. The maximum absolute atomic E-state index is 11.5. The molecule has 0 bridgehead atoms. The number of benzene rings is 1. The number of rotatable bonds is 7. The molecule has 33 heavy (non-hydrogen) atoms. The van der Waals surface area contributed by atoms with Crippen LogP contribution in [0.5, 0.6) is 0 Å². The predicted octanol–water partition coefficient (Wildman–Crippen LogP) is 2.57. The minimum Gasteiger partial charge on any atom is -0.394 e. The lowest BCUT2D eigenvalue weighted by Gasteiger charge is -2.40. The minimum absolute atomic E-state index is 0.0176. The third-order valence-corrected chi connectivity index (χ3v) is 6.28. The summed E-state index contributed by atoms with van der Waals surface area (Å²) in [6, 6.07) is 6.98. The SMILES string of the molecule is Cc1cnc(N(C2CCC(O)CC2)[C@H](CO)c2cccc(Cl)c2)nc1-n1cnc(C(N)=O)c1. The molecule has 10 heteroatoms. The van der Waals surface area contributed by atoms with Gasteiger partial charge in [-0.15, -0.1) is 0 Å². The van der Waals surface area contributed by atoms with Crippen molar-refractivity contribution >= 4 is 23.5 Å². The summed E-state index contributed by atoms with van der Waals surface area (Å²) in [5.74, 6) is 0.373. The van der Waals surface area contributed by atoms with E-state index in [1.165, 1.54) is 12.5 Å². The van der Waals surface area contributed by atoms with Gasteiger partial charge in [-0.2, -0.15) is 4.98 Å². The Morgan fingerprint density at radius 1 is 1.30 bits per heavy atom. The van der Waals surface area contributed by atoms with Crippen LogP contribution >= 0.6 is 11.6 Å². The molecule has 0 aliphatic heterocycles. The summed E-state index contributed by atoms with van der Waals surface area (Å²) in [5.41, 5.74) is 7.12. The van der Waals surface area contributed by atoms with Gasteiger partial charge in [-0.05, 0) is 50.3 Å². The highest BCUT2D eigenvalue weighted by Crippen LogP contribution is 2.34. The van der Waals surface area contributed by atoms with Gasteiger partial charge in [-0.25, -0.2) is 9.97 Å². The van der Waals surface area contributed by atoms with Crippen LogP contribution in [0.4, 0.5) is 5.95 Å². The number of aliphatic hydroxyl groups excluding tert-OH is 2. The third kappa shape index (κ3) is 5.00. The Bertz CT molecular complexity index is 1130. The summed E-state index contributed by atoms with van der Waals surface area (Å²) in [7, 11) is 0. The molecule has 0 spiro atoms. The second-order valence-corrected chi connectivity index (χ2v) is 8.77. The monoisotopic (exact) mass is 470 g/mol. The van der Waals surface area contributed by atoms with Gasteiger partial charge in [-0.3, -0.25) is 9.36 Å². The summed E-state index contributed by atoms with van der Waals surface area (Å²) in [4.78, 5) is 27.0. The molecule has 4 rings (SSSR count). The molecular formula is C23H27ClN6O3. The molecule has 2 aromatic heterocycles. The van der Waals surface area contributed by atoms with E-state index in [9.17, 15) is 15.0 Å². The zero-order valence-corrected chi connectivity index (χ0v) is 19.1. The van der Waals surface area contributed by atoms with Gasteiger partial charge in [0.1, 0.15) is 17.8 Å². The number of amides is 1. The first-order valence-electron chi connectivity index (χ1n) is 10.9. The van der Waals surface area contributed by atoms with E-state index in [-0.39, 0.29) is 24.4 Å². The van der Waals surface area contributed by atoms with E-state index in [2.05, 4.69) is 9.97 Å². The van der Waals surface area contributed by atoms with Crippen LogP contribution in [0.3, 0.4) is 0 Å². The van der Waals surface area contributed by atoms with Crippen LogP contribution in [0.25, 0.3) is 5.82 Å². The molecule has 2 heterocycles. The molecule has 0 saturated heterocycles. The number of hydrogen-bond donors (Lipinski definition) is 3. The van der Waals surface area contributed by atoms with Crippen LogP contribution < -0.4 is 10.6 Å². The number of aryl methyl sites for hydroxylation is 1. The molecular weight excluding hydrogens is 444 g/mol. The molecule has 1 aliphatic rings. The van der Waals surface area contributed by atoms with Crippen LogP contribution in [0.2, 0.25) is 5.02 Å². The number of anilines is 1. The van der Waals surface area contributed by atoms with Crippen molar-refractivity contribution in [3.8, 4) is 5.82 Å². The summed E-state index contributed by atoms with van der Waals surface area (Å²) in [5, 5.41) is 21.1. The lowest BCUT2D eigenvalue weighted by Crippen LogP contribution is -2.44. The van der Waals surface area contributed by atoms with Crippen molar-refractivity contribution in [3.05, 3.63) is 64.8 Å². The topological polar surface area (TPSA) is 130 Å². The maximum atomic E-state index is 11.5. The first kappa shape index (κ1) is 23.2. The molecule has 1 aliphatic carbocycles. The molecule has 1 amide bonds. The highest BCUT2D eigenvalue weighted by molar-refractivity contribution is 6.30. The number of aromatic nitrogens is 4. The first-order chi connectivity index (χ1) is 15.9. The Morgan fingerprint density at radius 2 is 2.06 bits per heavy atom. The molecule has 1 fully saturated rings. The largest absolute Gasteiger partial charge is 0.394 e. The summed E-state index contributed by atoms with van der Waals surface area (Å²) >= 11 is 6.24. The lowest BCUT2D eigenvalue weighted by atomic mass is 9.90. The van der Waals surface area contributed by atoms with Crippen LogP contribution in [0, 0.1) is 6.92 Å². The van der Waals surface area contributed by atoms with E-state index < -0.39 is 11.9 Å². The van der Waals surface area contributed by atoms with Gasteiger partial charge in [0.2, 0.25) is 5.95 Å². The number of halogens is 1. The van der Waals surface area contributed by atoms with Crippen molar-refractivity contribution < 1.29 is 15.0 Å². The van der Waals surface area contributed by atoms with E-state index in [0.29, 0.717) is 29.6 Å². The number of imidazole rings is 1. The quantitative estimate of drug-likeness (QED) is 0.483. The number of carbonyl (C=O) groups excluding carboxylic acids is 1. The van der Waals surface area contributed by atoms with Gasteiger partial charge in [0.15, 0.2) is 0 Å². The molecule has 0 radical (unpaired) electrons. The normalized spacial score (nSPS) is 19.3. The smallest absolute Gasteiger partial charge is 0.268 e. The molecule has 1 aromatic carbocycles. The Balaban J connectivity index is 1.79. The number of nitrogens with zero attached hydrogens (tertiary/aromatic N) is 5. The van der Waals surface area contributed by atoms with Gasteiger partial charge >= 0.3 is 0 Å². The summed E-state index contributed by atoms with van der Waals surface area (Å²) < 4.78 is 1.64. The number of carbonyl (C=O) groups is 1. The zero-order chi connectivity index (χ0) is 23.5. The van der Waals surface area contributed by atoms with Crippen molar-refractivity contribution in [1.82, 2.24) is 19.5 Å². The fourth-order valence-electron chi connectivity index (χ4n) is 4.34. The van der Waals surface area contributed by atoms with Crippen LogP contribution in [-0.4, -0.2) is 54.4 Å². The third-order valence-electron chi connectivity index (χ3n) is 6.04. The van der Waals surface area contributed by atoms with Crippen molar-refractivity contribution in [2.75, 3.05) is 11.5 Å². The highest BCUT2D eigenvalue weighted by Gasteiger charge is 2.33. The molecule has 1 saturated carbocycles. The minimum atomic E-state index is -0.621. The maximum Gasteiger partial charge on any atom is 0.268 e. The molecule has 4 N–H and O–H groups in total. The Hall–Kier alpha value is -3.01. The fraction of sp³-hybridized carbons (Fsp3) is 0.391. The van der Waals surface area contributed by atoms with Gasteiger partial charge < -0.3 is 20.8 Å². The molecule has 9 nitrogen and oxygen atoms in total. The molecule has 3 aromatic rings. The van der Waals surface area contributed by atoms with E-state index >= 15 is 0 Å². The summed E-state index contributed by atoms with van der Waals surface area (Å²) in [6.45, 7) is 1.70. The zero-order valence-electron chi connectivity index (χ0n) is 18.3. The highest BCUT2D eigenvalue weighted by atomic mass is 35.5. The van der Waals surface area contributed by atoms with Crippen LogP contribution in [-0.2, 0) is 0 Å². The van der Waals surface area contributed by atoms with Crippen molar-refractivity contribution in [3.63, 3.8) is 0 Å². The van der Waals surface area contributed by atoms with Crippen molar-refractivity contribution in [2.45, 2.75) is 50.8 Å². The number of primary amides is 1. The fourth-order valence-corrected chi connectivity index (χ4v) is 4.54. The lowest BCUT2D eigenvalue weighted by molar-refractivity contribution is 0.0996. The predicted molar refractivity (Wildman–Crippen MR) is 124 cm³/mol. The van der Waals surface area contributed by atoms with Gasteiger partial charge in [0.05, 0.1) is 18.8 Å². The first-order valence-corrected chi connectivity index (χ1v) is 11.3. The second kappa shape index (κ2) is 9.86. The molecule has 1 atom stereocenters. The van der Waals surface area contributed by atoms with Crippen molar-refractivity contribution in [1.29, 1.82) is 0 Å². The number of aliphatic hydroxyl groups is 2. The molecule has 174 valence electrons. The summed E-state index contributed by atoms with van der Waals surface area (Å²) in [6.07, 6.45) is 7.20. The Labute approximate surface area is 196 Å². The number of nitrogens with two attached hydrogens (primary N) is 1. The van der Waals surface area contributed by atoms with E-state index in [1.54, 1.807) is 16.8 Å². The molecule has 0 unspecified atom stereocenters. The Morgan fingerprint density at radius 3 is 2.70 bits per heavy atom. The van der Waals surface area contributed by atoms with E-state index in [4.69, 9.17) is 22.3 Å². The van der Waals surface area contributed by atoms with Gasteiger partial charge in [0.25, 0.3) is 5.91 Å². The van der Waals surface area contributed by atoms with E-state index in [0.717, 1.165) is 24.0 Å². The van der Waals surface area contributed by atoms with Gasteiger partial charge in [0, 0.05) is 29.0 Å². The van der Waals surface area contributed by atoms with Crippen LogP contribution in [0.15, 0.2) is 43.0 Å².